The number of ether oxygens (including phenoxy) is 2. The molecule has 1 amide bonds. The molecule has 0 unspecified atom stereocenters. The second-order valence-electron chi connectivity index (χ2n) is 6.13. The van der Waals surface area contributed by atoms with Crippen molar-refractivity contribution in [2.24, 2.45) is 0 Å². The number of benzene rings is 2. The lowest BCUT2D eigenvalue weighted by Gasteiger charge is -2.20. The minimum Gasteiger partial charge on any atom is -0.486 e. The van der Waals surface area contributed by atoms with Crippen LogP contribution in [0.4, 0.5) is 11.4 Å². The van der Waals surface area contributed by atoms with Crippen molar-refractivity contribution in [1.29, 1.82) is 0 Å². The number of hydrogen-bond donors (Lipinski definition) is 2. The summed E-state index contributed by atoms with van der Waals surface area (Å²) in [5.74, 6) is 0.902. The van der Waals surface area contributed by atoms with Crippen LogP contribution in [0.25, 0.3) is 5.69 Å². The molecule has 0 radical (unpaired) electrons. The zero-order valence-corrected chi connectivity index (χ0v) is 15.7. The van der Waals surface area contributed by atoms with E-state index in [0.29, 0.717) is 35.4 Å². The third-order valence-corrected chi connectivity index (χ3v) is 4.46. The van der Waals surface area contributed by atoms with Gasteiger partial charge in [-0.1, -0.05) is 11.6 Å². The van der Waals surface area contributed by atoms with Crippen LogP contribution in [-0.4, -0.2) is 45.9 Å². The summed E-state index contributed by atoms with van der Waals surface area (Å²) in [4.78, 5) is 12.3. The molecular formula is C18H17ClN6O3. The number of nitrogens with one attached hydrogen (secondary N) is 2. The lowest BCUT2D eigenvalue weighted by Crippen LogP contribution is -2.22. The van der Waals surface area contributed by atoms with Gasteiger partial charge in [0.15, 0.2) is 11.5 Å². The summed E-state index contributed by atoms with van der Waals surface area (Å²) in [5.41, 5.74) is 3.11. The fourth-order valence-corrected chi connectivity index (χ4v) is 3.03. The Hall–Kier alpha value is -3.33. The predicted molar refractivity (Wildman–Crippen MR) is 103 cm³/mol. The number of tetrazole rings is 1. The first-order valence-electron chi connectivity index (χ1n) is 8.57. The standard InChI is InChI=1S/C18H17ClN6O3/c1-11-6-12(2-3-15(11)25-10-21-23-24-25)20-9-18(26)22-14-8-17-16(7-13(14)19)27-4-5-28-17/h2-3,6-8,10,20H,4-5,9H2,1H3,(H,22,26). The number of anilines is 2. The SMILES string of the molecule is Cc1cc(NCC(=O)Nc2cc3c(cc2Cl)OCCO3)ccc1-n1cnnn1. The van der Waals surface area contributed by atoms with Crippen molar-refractivity contribution < 1.29 is 14.3 Å². The largest absolute Gasteiger partial charge is 0.486 e. The van der Waals surface area contributed by atoms with E-state index in [-0.39, 0.29) is 12.5 Å². The second kappa shape index (κ2) is 7.73. The highest BCUT2D eigenvalue weighted by Gasteiger charge is 2.16. The van der Waals surface area contributed by atoms with Crippen molar-refractivity contribution in [3.63, 3.8) is 0 Å². The molecule has 144 valence electrons. The Morgan fingerprint density at radius 2 is 2.00 bits per heavy atom. The van der Waals surface area contributed by atoms with E-state index >= 15 is 0 Å². The van der Waals surface area contributed by atoms with Gasteiger partial charge in [0.25, 0.3) is 0 Å². The zero-order valence-electron chi connectivity index (χ0n) is 15.0. The minimum absolute atomic E-state index is 0.0778. The maximum Gasteiger partial charge on any atom is 0.243 e. The van der Waals surface area contributed by atoms with Crippen molar-refractivity contribution in [2.75, 3.05) is 30.4 Å². The number of hydrogen-bond acceptors (Lipinski definition) is 7. The zero-order chi connectivity index (χ0) is 19.5. The van der Waals surface area contributed by atoms with Gasteiger partial charge in [-0.25, -0.2) is 4.68 Å². The van der Waals surface area contributed by atoms with Gasteiger partial charge >= 0.3 is 0 Å². The van der Waals surface area contributed by atoms with E-state index in [2.05, 4.69) is 26.2 Å². The smallest absolute Gasteiger partial charge is 0.243 e. The van der Waals surface area contributed by atoms with Crippen molar-refractivity contribution >= 4 is 28.9 Å². The number of carbonyl (C=O) groups is 1. The van der Waals surface area contributed by atoms with Gasteiger partial charge in [0, 0.05) is 17.8 Å². The molecule has 0 saturated heterocycles. The molecule has 1 aliphatic heterocycles. The number of aromatic nitrogens is 4. The molecule has 0 saturated carbocycles. The fraction of sp³-hybridized carbons (Fsp3) is 0.222. The van der Waals surface area contributed by atoms with Gasteiger partial charge in [-0.15, -0.1) is 5.10 Å². The van der Waals surface area contributed by atoms with E-state index in [1.165, 1.54) is 6.33 Å². The van der Waals surface area contributed by atoms with E-state index in [1.807, 2.05) is 25.1 Å². The highest BCUT2D eigenvalue weighted by molar-refractivity contribution is 6.34. The lowest BCUT2D eigenvalue weighted by atomic mass is 10.2. The van der Waals surface area contributed by atoms with E-state index < -0.39 is 0 Å². The van der Waals surface area contributed by atoms with E-state index in [9.17, 15) is 4.79 Å². The van der Waals surface area contributed by atoms with Crippen LogP contribution in [0.1, 0.15) is 5.56 Å². The molecule has 0 atom stereocenters. The summed E-state index contributed by atoms with van der Waals surface area (Å²) >= 11 is 6.22. The first-order chi connectivity index (χ1) is 13.6. The monoisotopic (exact) mass is 400 g/mol. The Labute approximate surface area is 165 Å². The molecule has 9 nitrogen and oxygen atoms in total. The Bertz CT molecular complexity index is 1010. The second-order valence-corrected chi connectivity index (χ2v) is 6.54. The Kier molecular flexibility index (Phi) is 4.98. The van der Waals surface area contributed by atoms with Crippen LogP contribution >= 0.6 is 11.6 Å². The number of amides is 1. The van der Waals surface area contributed by atoms with Gasteiger partial charge in [0.05, 0.1) is 22.9 Å². The first kappa shape index (κ1) is 18.1. The average molecular weight is 401 g/mol. The molecule has 1 aromatic heterocycles. The molecule has 0 bridgehead atoms. The third-order valence-electron chi connectivity index (χ3n) is 4.15. The van der Waals surface area contributed by atoms with Crippen molar-refractivity contribution in [3.8, 4) is 17.2 Å². The number of fused-ring (bicyclic) bond motifs is 1. The van der Waals surface area contributed by atoms with Crippen LogP contribution in [0, 0.1) is 6.92 Å². The van der Waals surface area contributed by atoms with Crippen molar-refractivity contribution in [3.05, 3.63) is 47.2 Å². The number of halogens is 1. The topological polar surface area (TPSA) is 103 Å². The number of aryl methyl sites for hydroxylation is 1. The number of nitrogens with zero attached hydrogens (tertiary/aromatic N) is 4. The molecule has 4 rings (SSSR count). The van der Waals surface area contributed by atoms with Crippen LogP contribution in [0.5, 0.6) is 11.5 Å². The molecule has 2 heterocycles. The summed E-state index contributed by atoms with van der Waals surface area (Å²) in [6.45, 7) is 2.96. The van der Waals surface area contributed by atoms with E-state index in [1.54, 1.807) is 16.8 Å². The summed E-state index contributed by atoms with van der Waals surface area (Å²) in [7, 11) is 0. The maximum atomic E-state index is 12.3. The summed E-state index contributed by atoms with van der Waals surface area (Å²) in [6.07, 6.45) is 1.53. The molecule has 3 aromatic rings. The summed E-state index contributed by atoms with van der Waals surface area (Å²) in [5, 5.41) is 17.4. The highest BCUT2D eigenvalue weighted by Crippen LogP contribution is 2.37. The Morgan fingerprint density at radius 1 is 1.21 bits per heavy atom. The van der Waals surface area contributed by atoms with Crippen LogP contribution in [0.3, 0.4) is 0 Å². The Balaban J connectivity index is 1.39. The minimum atomic E-state index is -0.235. The van der Waals surface area contributed by atoms with Gasteiger partial charge in [-0.05, 0) is 41.1 Å². The molecule has 10 heteroatoms. The fourth-order valence-electron chi connectivity index (χ4n) is 2.83. The van der Waals surface area contributed by atoms with Crippen LogP contribution in [0.15, 0.2) is 36.7 Å². The molecule has 1 aliphatic rings. The lowest BCUT2D eigenvalue weighted by molar-refractivity contribution is -0.114. The van der Waals surface area contributed by atoms with Gasteiger partial charge in [-0.3, -0.25) is 4.79 Å². The third kappa shape index (κ3) is 3.84. The van der Waals surface area contributed by atoms with E-state index in [0.717, 1.165) is 16.9 Å². The number of carbonyl (C=O) groups excluding carboxylic acids is 1. The van der Waals surface area contributed by atoms with Crippen molar-refractivity contribution in [1.82, 2.24) is 20.2 Å². The van der Waals surface area contributed by atoms with Crippen molar-refractivity contribution in [2.45, 2.75) is 6.92 Å². The van der Waals surface area contributed by atoms with Gasteiger partial charge in [0.1, 0.15) is 19.5 Å². The van der Waals surface area contributed by atoms with Crippen LogP contribution in [0.2, 0.25) is 5.02 Å². The normalized spacial score (nSPS) is 12.5. The molecule has 0 spiro atoms. The highest BCUT2D eigenvalue weighted by atomic mass is 35.5. The summed E-state index contributed by atoms with van der Waals surface area (Å²) < 4.78 is 12.6. The Morgan fingerprint density at radius 3 is 2.71 bits per heavy atom. The predicted octanol–water partition coefficient (Wildman–Crippen LogP) is 2.45. The average Bonchev–Trinajstić information content (AvgIpc) is 3.21. The molecule has 28 heavy (non-hydrogen) atoms. The molecule has 0 fully saturated rings. The molecule has 2 N–H and O–H groups in total. The summed E-state index contributed by atoms with van der Waals surface area (Å²) in [6, 6.07) is 8.96. The van der Waals surface area contributed by atoms with Gasteiger partial charge < -0.3 is 20.1 Å². The maximum absolute atomic E-state index is 12.3. The molecule has 2 aromatic carbocycles. The van der Waals surface area contributed by atoms with Gasteiger partial charge in [0.2, 0.25) is 5.91 Å². The van der Waals surface area contributed by atoms with Gasteiger partial charge in [-0.2, -0.15) is 0 Å². The quantitative estimate of drug-likeness (QED) is 0.678. The van der Waals surface area contributed by atoms with Crippen LogP contribution < -0.4 is 20.1 Å². The number of rotatable bonds is 5. The molecule has 0 aliphatic carbocycles. The van der Waals surface area contributed by atoms with Crippen LogP contribution in [-0.2, 0) is 4.79 Å². The molecular weight excluding hydrogens is 384 g/mol. The van der Waals surface area contributed by atoms with E-state index in [4.69, 9.17) is 21.1 Å². The first-order valence-corrected chi connectivity index (χ1v) is 8.95.